The molecule has 4 nitrogen and oxygen atoms in total. The lowest BCUT2D eigenvalue weighted by Gasteiger charge is -2.36. The number of nitrogens with one attached hydrogen (secondary N) is 1. The van der Waals surface area contributed by atoms with Crippen molar-refractivity contribution in [1.29, 1.82) is 0 Å². The van der Waals surface area contributed by atoms with Gasteiger partial charge < -0.3 is 10.2 Å². The Morgan fingerprint density at radius 2 is 2.07 bits per heavy atom. The highest BCUT2D eigenvalue weighted by Gasteiger charge is 2.50. The van der Waals surface area contributed by atoms with Crippen LogP contribution in [0.1, 0.15) is 19.8 Å². The fraction of sp³-hybridized carbons (Fsp3) is 0.889. The molecule has 0 aromatic heterocycles. The maximum absolute atomic E-state index is 12.0. The SMILES string of the molecule is CC1C(=O)NC2(CCN(C)CC2)S1=O. The Bertz CT molecular complexity index is 285. The van der Waals surface area contributed by atoms with Gasteiger partial charge >= 0.3 is 0 Å². The van der Waals surface area contributed by atoms with E-state index in [1.807, 2.05) is 0 Å². The summed E-state index contributed by atoms with van der Waals surface area (Å²) in [5.74, 6) is -0.0483. The number of nitrogens with zero attached hydrogens (tertiary/aromatic N) is 1. The van der Waals surface area contributed by atoms with Crippen LogP contribution >= 0.6 is 0 Å². The minimum absolute atomic E-state index is 0.0483. The summed E-state index contributed by atoms with van der Waals surface area (Å²) in [7, 11) is 1.01. The van der Waals surface area contributed by atoms with Crippen molar-refractivity contribution in [2.45, 2.75) is 29.9 Å². The van der Waals surface area contributed by atoms with Gasteiger partial charge in [-0.3, -0.25) is 9.00 Å². The van der Waals surface area contributed by atoms with E-state index in [1.54, 1.807) is 6.92 Å². The highest BCUT2D eigenvalue weighted by atomic mass is 32.2. The number of piperidine rings is 1. The normalized spacial score (nSPS) is 37.4. The molecule has 2 atom stereocenters. The van der Waals surface area contributed by atoms with Crippen LogP contribution < -0.4 is 5.32 Å². The first kappa shape index (κ1) is 10.1. The van der Waals surface area contributed by atoms with Crippen molar-refractivity contribution in [2.75, 3.05) is 20.1 Å². The monoisotopic (exact) mass is 216 g/mol. The summed E-state index contributed by atoms with van der Waals surface area (Å²) in [6.07, 6.45) is 1.62. The van der Waals surface area contributed by atoms with Crippen LogP contribution in [0.25, 0.3) is 0 Å². The number of carbonyl (C=O) groups excluding carboxylic acids is 1. The number of amides is 1. The van der Waals surface area contributed by atoms with Crippen molar-refractivity contribution < 1.29 is 9.00 Å². The summed E-state index contributed by atoms with van der Waals surface area (Å²) in [6.45, 7) is 3.58. The van der Waals surface area contributed by atoms with Gasteiger partial charge in [0.2, 0.25) is 5.91 Å². The Balaban J connectivity index is 2.18. The Morgan fingerprint density at radius 3 is 2.50 bits per heavy atom. The second kappa shape index (κ2) is 3.31. The molecular formula is C9H16N2O2S. The molecule has 2 aliphatic rings. The van der Waals surface area contributed by atoms with E-state index < -0.39 is 15.7 Å². The first-order chi connectivity index (χ1) is 6.55. The molecule has 0 bridgehead atoms. The average molecular weight is 216 g/mol. The largest absolute Gasteiger partial charge is 0.338 e. The molecule has 14 heavy (non-hydrogen) atoms. The zero-order valence-corrected chi connectivity index (χ0v) is 9.39. The lowest BCUT2D eigenvalue weighted by molar-refractivity contribution is -0.120. The molecule has 80 valence electrons. The number of carbonyl (C=O) groups is 1. The second-order valence-electron chi connectivity index (χ2n) is 4.23. The van der Waals surface area contributed by atoms with Crippen molar-refractivity contribution in [3.05, 3.63) is 0 Å². The third kappa shape index (κ3) is 1.39. The van der Waals surface area contributed by atoms with Crippen LogP contribution in [0.2, 0.25) is 0 Å². The minimum atomic E-state index is -1.05. The quantitative estimate of drug-likeness (QED) is 0.603. The molecule has 0 radical (unpaired) electrons. The van der Waals surface area contributed by atoms with E-state index in [0.717, 1.165) is 25.9 Å². The van der Waals surface area contributed by atoms with E-state index in [-0.39, 0.29) is 11.2 Å². The van der Waals surface area contributed by atoms with Gasteiger partial charge in [0.05, 0.1) is 10.8 Å². The molecule has 2 heterocycles. The third-order valence-corrected chi connectivity index (χ3v) is 5.36. The van der Waals surface area contributed by atoms with Crippen molar-refractivity contribution in [3.8, 4) is 0 Å². The van der Waals surface area contributed by atoms with Gasteiger partial charge in [0, 0.05) is 13.1 Å². The molecule has 1 spiro atoms. The average Bonchev–Trinajstić information content (AvgIpc) is 2.37. The predicted octanol–water partition coefficient (Wildman–Crippen LogP) is -0.325. The Kier molecular flexibility index (Phi) is 2.39. The van der Waals surface area contributed by atoms with Crippen molar-refractivity contribution in [3.63, 3.8) is 0 Å². The fourth-order valence-electron chi connectivity index (χ4n) is 2.12. The minimum Gasteiger partial charge on any atom is -0.338 e. The Morgan fingerprint density at radius 1 is 1.50 bits per heavy atom. The number of likely N-dealkylation sites (tertiary alicyclic amines) is 1. The van der Waals surface area contributed by atoms with E-state index in [2.05, 4.69) is 17.3 Å². The van der Waals surface area contributed by atoms with Gasteiger partial charge in [0.15, 0.2) is 0 Å². The van der Waals surface area contributed by atoms with E-state index in [1.165, 1.54) is 0 Å². The summed E-state index contributed by atoms with van der Waals surface area (Å²) in [5, 5.41) is 2.59. The van der Waals surface area contributed by atoms with Gasteiger partial charge in [-0.1, -0.05) is 0 Å². The molecule has 2 fully saturated rings. The molecule has 1 amide bonds. The summed E-state index contributed by atoms with van der Waals surface area (Å²) in [5.41, 5.74) is 0. The molecule has 5 heteroatoms. The lowest BCUT2D eigenvalue weighted by atomic mass is 10.0. The summed E-state index contributed by atoms with van der Waals surface area (Å²) in [6, 6.07) is 0. The molecule has 0 aliphatic carbocycles. The lowest BCUT2D eigenvalue weighted by Crippen LogP contribution is -2.51. The van der Waals surface area contributed by atoms with Crippen LogP contribution in [0.3, 0.4) is 0 Å². The fourth-order valence-corrected chi connectivity index (χ4v) is 3.83. The molecule has 2 rings (SSSR count). The van der Waals surface area contributed by atoms with Crippen LogP contribution in [-0.4, -0.2) is 45.3 Å². The summed E-state index contributed by atoms with van der Waals surface area (Å²) in [4.78, 5) is 13.2. The van der Waals surface area contributed by atoms with Gasteiger partial charge in [-0.15, -0.1) is 0 Å². The molecule has 0 aromatic rings. The second-order valence-corrected chi connectivity index (χ2v) is 6.31. The highest BCUT2D eigenvalue weighted by molar-refractivity contribution is 7.88. The Hall–Kier alpha value is -0.420. The molecule has 2 aliphatic heterocycles. The third-order valence-electron chi connectivity index (χ3n) is 3.22. The van der Waals surface area contributed by atoms with Gasteiger partial charge in [-0.25, -0.2) is 0 Å². The molecule has 1 N–H and O–H groups in total. The van der Waals surface area contributed by atoms with E-state index in [0.29, 0.717) is 0 Å². The van der Waals surface area contributed by atoms with Gasteiger partial charge in [-0.2, -0.15) is 0 Å². The van der Waals surface area contributed by atoms with Gasteiger partial charge in [0.1, 0.15) is 10.1 Å². The topological polar surface area (TPSA) is 49.4 Å². The van der Waals surface area contributed by atoms with Gasteiger partial charge in [0.25, 0.3) is 0 Å². The molecule has 2 unspecified atom stereocenters. The maximum atomic E-state index is 12.0. The van der Waals surface area contributed by atoms with E-state index >= 15 is 0 Å². The molecule has 2 saturated heterocycles. The molecule has 0 aromatic carbocycles. The van der Waals surface area contributed by atoms with Crippen LogP contribution in [0.5, 0.6) is 0 Å². The van der Waals surface area contributed by atoms with Crippen LogP contribution in [-0.2, 0) is 15.6 Å². The van der Waals surface area contributed by atoms with Crippen molar-refractivity contribution in [1.82, 2.24) is 10.2 Å². The van der Waals surface area contributed by atoms with Gasteiger partial charge in [-0.05, 0) is 26.8 Å². The number of hydrogen-bond donors (Lipinski definition) is 1. The van der Waals surface area contributed by atoms with Crippen LogP contribution in [0.4, 0.5) is 0 Å². The smallest absolute Gasteiger partial charge is 0.236 e. The van der Waals surface area contributed by atoms with Crippen LogP contribution in [0, 0.1) is 0 Å². The van der Waals surface area contributed by atoms with E-state index in [9.17, 15) is 9.00 Å². The first-order valence-corrected chi connectivity index (χ1v) is 6.18. The van der Waals surface area contributed by atoms with Crippen molar-refractivity contribution >= 4 is 16.7 Å². The molecule has 0 saturated carbocycles. The Labute approximate surface area is 86.5 Å². The number of hydrogen-bond acceptors (Lipinski definition) is 3. The first-order valence-electron chi connectivity index (χ1n) is 4.96. The van der Waals surface area contributed by atoms with E-state index in [4.69, 9.17) is 0 Å². The maximum Gasteiger partial charge on any atom is 0.236 e. The zero-order chi connectivity index (χ0) is 10.3. The standard InChI is InChI=1S/C9H16N2O2S/c1-7-8(12)10-9(14(7)13)3-5-11(2)6-4-9/h7H,3-6H2,1-2H3,(H,10,12). The zero-order valence-electron chi connectivity index (χ0n) is 8.58. The summed E-state index contributed by atoms with van der Waals surface area (Å²) < 4.78 is 12.0. The van der Waals surface area contributed by atoms with Crippen LogP contribution in [0.15, 0.2) is 0 Å². The highest BCUT2D eigenvalue weighted by Crippen LogP contribution is 2.32. The summed E-state index contributed by atoms with van der Waals surface area (Å²) >= 11 is 0. The number of rotatable bonds is 0. The van der Waals surface area contributed by atoms with Crippen molar-refractivity contribution in [2.24, 2.45) is 0 Å². The predicted molar refractivity (Wildman–Crippen MR) is 55.2 cm³/mol. The molecular weight excluding hydrogens is 200 g/mol.